The van der Waals surface area contributed by atoms with Crippen LogP contribution in [-0.2, 0) is 10.8 Å². The summed E-state index contributed by atoms with van der Waals surface area (Å²) in [7, 11) is 0. The van der Waals surface area contributed by atoms with Gasteiger partial charge in [0.25, 0.3) is 0 Å². The molecule has 0 atom stereocenters. The molecule has 0 nitrogen and oxygen atoms in total. The van der Waals surface area contributed by atoms with Crippen LogP contribution >= 0.6 is 0 Å². The first-order valence-electron chi connectivity index (χ1n) is 14.1. The Labute approximate surface area is 231 Å². The standard InChI is InChI=1S/C39H30/c1-3-15-30-26(4-2)27-16-5-8-19-31(27)38(30)34-22-11-13-24-36(34)39(37-25-14-12-23-35(37)38)32-20-9-6-17-28(32)29-18-7-10-21-33(29)39/h3,5-25H,4H2,1-2H3/b15-3-. The van der Waals surface area contributed by atoms with Gasteiger partial charge in [-0.1, -0.05) is 140 Å². The lowest BCUT2D eigenvalue weighted by Crippen LogP contribution is -2.44. The average Bonchev–Trinajstić information content (AvgIpc) is 3.45. The van der Waals surface area contributed by atoms with Crippen molar-refractivity contribution in [3.05, 3.63) is 184 Å². The van der Waals surface area contributed by atoms with E-state index in [2.05, 4.69) is 147 Å². The first-order valence-corrected chi connectivity index (χ1v) is 14.1. The Hall–Kier alpha value is -4.42. The van der Waals surface area contributed by atoms with Crippen molar-refractivity contribution in [2.45, 2.75) is 31.1 Å². The van der Waals surface area contributed by atoms with Gasteiger partial charge < -0.3 is 0 Å². The second-order valence-corrected chi connectivity index (χ2v) is 11.0. The van der Waals surface area contributed by atoms with Crippen molar-refractivity contribution < 1.29 is 0 Å². The minimum absolute atomic E-state index is 0.362. The summed E-state index contributed by atoms with van der Waals surface area (Å²) in [5, 5.41) is 0. The molecule has 0 radical (unpaired) electrons. The van der Waals surface area contributed by atoms with Gasteiger partial charge in [0, 0.05) is 0 Å². The number of allylic oxidation sites excluding steroid dienone is 4. The fourth-order valence-corrected chi connectivity index (χ4v) is 8.32. The second-order valence-electron chi connectivity index (χ2n) is 11.0. The van der Waals surface area contributed by atoms with Gasteiger partial charge in [0.05, 0.1) is 10.8 Å². The van der Waals surface area contributed by atoms with E-state index in [0.29, 0.717) is 0 Å². The summed E-state index contributed by atoms with van der Waals surface area (Å²) < 4.78 is 0. The molecule has 0 fully saturated rings. The van der Waals surface area contributed by atoms with Crippen LogP contribution in [0.3, 0.4) is 0 Å². The van der Waals surface area contributed by atoms with Crippen molar-refractivity contribution >= 4 is 5.57 Å². The SMILES string of the molecule is C/C=C\C1=C(CC)c2ccccc2C12c1ccccc1C1(c3ccccc3-c3ccccc31)c1ccccc12. The molecular formula is C39H30. The summed E-state index contributed by atoms with van der Waals surface area (Å²) in [5.74, 6) is 0. The molecule has 0 saturated heterocycles. The van der Waals surface area contributed by atoms with Gasteiger partial charge in [0.2, 0.25) is 0 Å². The zero-order valence-electron chi connectivity index (χ0n) is 22.4. The molecule has 0 heteroatoms. The summed E-state index contributed by atoms with van der Waals surface area (Å²) in [6.45, 7) is 4.46. The number of rotatable bonds is 2. The Bertz CT molecular complexity index is 1770. The number of benzene rings is 5. The highest BCUT2D eigenvalue weighted by Crippen LogP contribution is 2.67. The minimum Gasteiger partial charge on any atom is -0.0873 e. The largest absolute Gasteiger partial charge is 0.0873 e. The van der Waals surface area contributed by atoms with Crippen molar-refractivity contribution in [1.82, 2.24) is 0 Å². The summed E-state index contributed by atoms with van der Waals surface area (Å²) >= 11 is 0. The quantitative estimate of drug-likeness (QED) is 0.223. The van der Waals surface area contributed by atoms with E-state index >= 15 is 0 Å². The lowest BCUT2D eigenvalue weighted by Gasteiger charge is -2.49. The second kappa shape index (κ2) is 8.04. The highest BCUT2D eigenvalue weighted by molar-refractivity contribution is 5.93. The third-order valence-electron chi connectivity index (χ3n) is 9.49. The van der Waals surface area contributed by atoms with E-state index in [9.17, 15) is 0 Å². The van der Waals surface area contributed by atoms with E-state index in [0.717, 1.165) is 6.42 Å². The Balaban J connectivity index is 1.62. The molecule has 3 aliphatic rings. The van der Waals surface area contributed by atoms with Crippen LogP contribution < -0.4 is 0 Å². The van der Waals surface area contributed by atoms with E-state index in [-0.39, 0.29) is 10.8 Å². The van der Waals surface area contributed by atoms with Gasteiger partial charge in [-0.2, -0.15) is 0 Å². The van der Waals surface area contributed by atoms with Crippen molar-refractivity contribution in [3.8, 4) is 11.1 Å². The maximum atomic E-state index is 2.41. The van der Waals surface area contributed by atoms with Crippen LogP contribution in [0.15, 0.2) is 139 Å². The Morgan fingerprint density at radius 3 is 1.26 bits per heavy atom. The maximum Gasteiger partial charge on any atom is 0.0720 e. The van der Waals surface area contributed by atoms with Gasteiger partial charge in [0.1, 0.15) is 0 Å². The Morgan fingerprint density at radius 2 is 0.821 bits per heavy atom. The van der Waals surface area contributed by atoms with E-state index in [4.69, 9.17) is 0 Å². The highest BCUT2D eigenvalue weighted by Gasteiger charge is 2.58. The molecule has 0 aliphatic heterocycles. The minimum atomic E-state index is -0.365. The predicted octanol–water partition coefficient (Wildman–Crippen LogP) is 9.45. The van der Waals surface area contributed by atoms with Crippen molar-refractivity contribution in [2.75, 3.05) is 0 Å². The smallest absolute Gasteiger partial charge is 0.0720 e. The van der Waals surface area contributed by atoms with E-state index in [1.54, 1.807) is 0 Å². The van der Waals surface area contributed by atoms with Gasteiger partial charge in [-0.15, -0.1) is 0 Å². The first-order chi connectivity index (χ1) is 19.3. The molecule has 0 N–H and O–H groups in total. The summed E-state index contributed by atoms with van der Waals surface area (Å²) in [4.78, 5) is 0. The predicted molar refractivity (Wildman–Crippen MR) is 162 cm³/mol. The molecule has 0 bridgehead atoms. The highest BCUT2D eigenvalue weighted by atomic mass is 14.6. The van der Waals surface area contributed by atoms with Gasteiger partial charge in [-0.05, 0) is 80.1 Å². The molecule has 0 heterocycles. The van der Waals surface area contributed by atoms with Gasteiger partial charge >= 0.3 is 0 Å². The van der Waals surface area contributed by atoms with E-state index in [1.807, 2.05) is 0 Å². The molecule has 0 aromatic heterocycles. The zero-order chi connectivity index (χ0) is 26.2. The van der Waals surface area contributed by atoms with Crippen LogP contribution in [0.2, 0.25) is 0 Å². The molecule has 5 aromatic rings. The van der Waals surface area contributed by atoms with Crippen LogP contribution in [-0.4, -0.2) is 0 Å². The Morgan fingerprint density at radius 1 is 0.462 bits per heavy atom. The molecule has 2 spiro atoms. The molecular weight excluding hydrogens is 468 g/mol. The summed E-state index contributed by atoms with van der Waals surface area (Å²) in [6.07, 6.45) is 5.62. The first kappa shape index (κ1) is 22.6. The molecule has 0 saturated carbocycles. The van der Waals surface area contributed by atoms with Crippen molar-refractivity contribution in [1.29, 1.82) is 0 Å². The number of fused-ring (bicyclic) bond motifs is 13. The van der Waals surface area contributed by atoms with E-state index in [1.165, 1.54) is 66.8 Å². The van der Waals surface area contributed by atoms with Crippen LogP contribution in [0.5, 0.6) is 0 Å². The summed E-state index contributed by atoms with van der Waals surface area (Å²) in [5.41, 5.74) is 16.0. The van der Waals surface area contributed by atoms with Crippen LogP contribution in [0, 0.1) is 0 Å². The normalized spacial score (nSPS) is 16.8. The molecule has 8 rings (SSSR count). The molecule has 3 aliphatic carbocycles. The molecule has 5 aromatic carbocycles. The lowest BCUT2D eigenvalue weighted by molar-refractivity contribution is 0.629. The van der Waals surface area contributed by atoms with Crippen LogP contribution in [0.1, 0.15) is 64.8 Å². The van der Waals surface area contributed by atoms with Gasteiger partial charge in [0.15, 0.2) is 0 Å². The van der Waals surface area contributed by atoms with E-state index < -0.39 is 0 Å². The van der Waals surface area contributed by atoms with Gasteiger partial charge in [-0.25, -0.2) is 0 Å². The lowest BCUT2D eigenvalue weighted by atomic mass is 9.52. The average molecular weight is 499 g/mol. The summed E-state index contributed by atoms with van der Waals surface area (Å²) in [6, 6.07) is 45.9. The Kier molecular flexibility index (Phi) is 4.65. The van der Waals surface area contributed by atoms with Crippen LogP contribution in [0.4, 0.5) is 0 Å². The molecule has 39 heavy (non-hydrogen) atoms. The third-order valence-corrected chi connectivity index (χ3v) is 9.49. The molecule has 0 unspecified atom stereocenters. The maximum absolute atomic E-state index is 2.41. The topological polar surface area (TPSA) is 0 Å². The molecule has 0 amide bonds. The number of hydrogen-bond acceptors (Lipinski definition) is 0. The monoisotopic (exact) mass is 498 g/mol. The molecule has 186 valence electrons. The van der Waals surface area contributed by atoms with Crippen molar-refractivity contribution in [3.63, 3.8) is 0 Å². The van der Waals surface area contributed by atoms with Crippen LogP contribution in [0.25, 0.3) is 16.7 Å². The number of hydrogen-bond donors (Lipinski definition) is 0. The van der Waals surface area contributed by atoms with Gasteiger partial charge in [-0.3, -0.25) is 0 Å². The fraction of sp³-hybridized carbons (Fsp3) is 0.128. The third kappa shape index (κ3) is 2.51. The fourth-order valence-electron chi connectivity index (χ4n) is 8.32. The van der Waals surface area contributed by atoms with Crippen molar-refractivity contribution in [2.24, 2.45) is 0 Å². The zero-order valence-corrected chi connectivity index (χ0v) is 22.4.